The first-order valence-corrected chi connectivity index (χ1v) is 5.75. The van der Waals surface area contributed by atoms with E-state index in [2.05, 4.69) is 36.9 Å². The lowest BCUT2D eigenvalue weighted by molar-refractivity contribution is -0.115. The molecule has 0 aromatic heterocycles. The first-order valence-electron chi connectivity index (χ1n) is 5.75. The molecule has 0 aliphatic heterocycles. The van der Waals surface area contributed by atoms with Gasteiger partial charge in [0.15, 0.2) is 0 Å². The number of hydrogen-bond acceptors (Lipinski definition) is 2. The van der Waals surface area contributed by atoms with E-state index in [9.17, 15) is 4.79 Å². The van der Waals surface area contributed by atoms with Gasteiger partial charge in [0.1, 0.15) is 6.29 Å². The van der Waals surface area contributed by atoms with E-state index >= 15 is 0 Å². The average molecular weight is 219 g/mol. The zero-order chi connectivity index (χ0) is 12.2. The number of carbonyl (C=O) groups excluding carboxylic acids is 1. The molecular formula is C14H21NO. The van der Waals surface area contributed by atoms with Crippen LogP contribution < -0.4 is 4.90 Å². The number of rotatable bonds is 5. The number of aldehydes is 1. The van der Waals surface area contributed by atoms with Crippen LogP contribution in [0.15, 0.2) is 24.3 Å². The fourth-order valence-electron chi connectivity index (χ4n) is 1.73. The fourth-order valence-corrected chi connectivity index (χ4v) is 1.73. The van der Waals surface area contributed by atoms with Crippen molar-refractivity contribution in [3.05, 3.63) is 29.8 Å². The van der Waals surface area contributed by atoms with Crippen LogP contribution in [0.2, 0.25) is 0 Å². The highest BCUT2D eigenvalue weighted by Crippen LogP contribution is 2.23. The molecule has 0 radical (unpaired) electrons. The second-order valence-electron chi connectivity index (χ2n) is 4.82. The summed E-state index contributed by atoms with van der Waals surface area (Å²) in [5.41, 5.74) is 2.16. The largest absolute Gasteiger partial charge is 0.374 e. The molecule has 1 atom stereocenters. The fraction of sp³-hybridized carbons (Fsp3) is 0.500. The molecule has 0 saturated heterocycles. The van der Waals surface area contributed by atoms with Crippen LogP contribution in [-0.4, -0.2) is 19.9 Å². The van der Waals surface area contributed by atoms with Crippen molar-refractivity contribution in [2.45, 2.75) is 27.2 Å². The number of hydrogen-bond donors (Lipinski definition) is 0. The quantitative estimate of drug-likeness (QED) is 0.709. The summed E-state index contributed by atoms with van der Waals surface area (Å²) in [6.45, 7) is 6.90. The number of aryl methyl sites for hydroxylation is 1. The molecule has 0 spiro atoms. The van der Waals surface area contributed by atoms with Crippen LogP contribution in [0.4, 0.5) is 5.69 Å². The van der Waals surface area contributed by atoms with Crippen molar-refractivity contribution >= 4 is 12.0 Å². The van der Waals surface area contributed by atoms with E-state index < -0.39 is 0 Å². The molecule has 0 aliphatic rings. The van der Waals surface area contributed by atoms with Crippen LogP contribution in [0.25, 0.3) is 0 Å². The predicted octanol–water partition coefficient (Wildman–Crippen LogP) is 3.05. The van der Waals surface area contributed by atoms with Gasteiger partial charge >= 0.3 is 0 Å². The van der Waals surface area contributed by atoms with Gasteiger partial charge in [0.2, 0.25) is 0 Å². The Kier molecular flexibility index (Phi) is 4.11. The van der Waals surface area contributed by atoms with Crippen molar-refractivity contribution in [1.82, 2.24) is 0 Å². The maximum Gasteiger partial charge on any atom is 0.127 e. The smallest absolute Gasteiger partial charge is 0.127 e. The van der Waals surface area contributed by atoms with E-state index in [0.717, 1.165) is 19.3 Å². The summed E-state index contributed by atoms with van der Waals surface area (Å²) in [5.74, 6) is 0. The Balaban J connectivity index is 2.79. The minimum absolute atomic E-state index is 0.251. The molecule has 0 amide bonds. The molecule has 1 aromatic rings. The molecule has 1 rings (SSSR count). The molecule has 0 heterocycles. The van der Waals surface area contributed by atoms with Crippen molar-refractivity contribution < 1.29 is 4.79 Å². The van der Waals surface area contributed by atoms with Gasteiger partial charge in [-0.05, 0) is 31.0 Å². The molecule has 2 heteroatoms. The molecule has 0 aliphatic carbocycles. The molecule has 0 saturated carbocycles. The van der Waals surface area contributed by atoms with Gasteiger partial charge in [-0.1, -0.05) is 26.0 Å². The zero-order valence-electron chi connectivity index (χ0n) is 10.7. The number of benzene rings is 1. The highest BCUT2D eigenvalue weighted by molar-refractivity contribution is 5.61. The van der Waals surface area contributed by atoms with Gasteiger partial charge in [-0.15, -0.1) is 0 Å². The summed E-state index contributed by atoms with van der Waals surface area (Å²) in [6.07, 6.45) is 1.94. The van der Waals surface area contributed by atoms with Crippen LogP contribution in [0.1, 0.15) is 25.8 Å². The van der Waals surface area contributed by atoms with Crippen molar-refractivity contribution in [3.63, 3.8) is 0 Å². The third kappa shape index (κ3) is 3.09. The molecule has 0 fully saturated rings. The predicted molar refractivity (Wildman–Crippen MR) is 68.9 cm³/mol. The van der Waals surface area contributed by atoms with Crippen molar-refractivity contribution in [1.29, 1.82) is 0 Å². The van der Waals surface area contributed by atoms with Gasteiger partial charge in [-0.3, -0.25) is 0 Å². The molecule has 16 heavy (non-hydrogen) atoms. The normalized spacial score (nSPS) is 14.2. The second kappa shape index (κ2) is 5.15. The Morgan fingerprint density at radius 3 is 2.62 bits per heavy atom. The van der Waals surface area contributed by atoms with Crippen molar-refractivity contribution in [2.24, 2.45) is 5.41 Å². The van der Waals surface area contributed by atoms with Gasteiger partial charge in [0.25, 0.3) is 0 Å². The maximum atomic E-state index is 11.1. The van der Waals surface area contributed by atoms with E-state index in [4.69, 9.17) is 0 Å². The molecule has 1 unspecified atom stereocenters. The van der Waals surface area contributed by atoms with Gasteiger partial charge in [-0.25, -0.2) is 0 Å². The summed E-state index contributed by atoms with van der Waals surface area (Å²) < 4.78 is 0. The topological polar surface area (TPSA) is 20.3 Å². The second-order valence-corrected chi connectivity index (χ2v) is 4.82. The summed E-state index contributed by atoms with van der Waals surface area (Å²) in [4.78, 5) is 13.2. The van der Waals surface area contributed by atoms with Crippen molar-refractivity contribution in [2.75, 3.05) is 18.5 Å². The first kappa shape index (κ1) is 12.8. The van der Waals surface area contributed by atoms with Gasteiger partial charge in [-0.2, -0.15) is 0 Å². The van der Waals surface area contributed by atoms with Gasteiger partial charge in [0, 0.05) is 24.7 Å². The van der Waals surface area contributed by atoms with Crippen LogP contribution in [0, 0.1) is 12.3 Å². The SMILES string of the molecule is CCC(C)(C=O)CN(C)c1cccc(C)c1. The number of carbonyl (C=O) groups is 1. The van der Waals surface area contributed by atoms with E-state index in [-0.39, 0.29) is 5.41 Å². The first-order chi connectivity index (χ1) is 7.50. The molecule has 1 aromatic carbocycles. The molecular weight excluding hydrogens is 198 g/mol. The van der Waals surface area contributed by atoms with E-state index in [0.29, 0.717) is 0 Å². The lowest BCUT2D eigenvalue weighted by atomic mass is 9.89. The maximum absolute atomic E-state index is 11.1. The summed E-state index contributed by atoms with van der Waals surface area (Å²) in [5, 5.41) is 0. The minimum atomic E-state index is -0.251. The highest BCUT2D eigenvalue weighted by Gasteiger charge is 2.23. The van der Waals surface area contributed by atoms with E-state index in [1.165, 1.54) is 11.3 Å². The monoisotopic (exact) mass is 219 g/mol. The summed E-state index contributed by atoms with van der Waals surface area (Å²) >= 11 is 0. The van der Waals surface area contributed by atoms with Crippen molar-refractivity contribution in [3.8, 4) is 0 Å². The van der Waals surface area contributed by atoms with Gasteiger partial charge in [0.05, 0.1) is 0 Å². The minimum Gasteiger partial charge on any atom is -0.374 e. The lowest BCUT2D eigenvalue weighted by Crippen LogP contribution is -2.34. The van der Waals surface area contributed by atoms with Crippen LogP contribution in [-0.2, 0) is 4.79 Å². The Bertz CT molecular complexity index is 362. The average Bonchev–Trinajstić information content (AvgIpc) is 2.29. The zero-order valence-corrected chi connectivity index (χ0v) is 10.7. The Morgan fingerprint density at radius 2 is 2.12 bits per heavy atom. The third-order valence-corrected chi connectivity index (χ3v) is 3.13. The molecule has 88 valence electrons. The van der Waals surface area contributed by atoms with Crippen LogP contribution in [0.3, 0.4) is 0 Å². The van der Waals surface area contributed by atoms with E-state index in [1.807, 2.05) is 20.0 Å². The number of anilines is 1. The Morgan fingerprint density at radius 1 is 1.44 bits per heavy atom. The van der Waals surface area contributed by atoms with Gasteiger partial charge < -0.3 is 9.69 Å². The number of nitrogens with zero attached hydrogens (tertiary/aromatic N) is 1. The Hall–Kier alpha value is -1.31. The van der Waals surface area contributed by atoms with Crippen LogP contribution >= 0.6 is 0 Å². The summed E-state index contributed by atoms with van der Waals surface area (Å²) in [6, 6.07) is 8.34. The summed E-state index contributed by atoms with van der Waals surface area (Å²) in [7, 11) is 2.03. The van der Waals surface area contributed by atoms with Crippen LogP contribution in [0.5, 0.6) is 0 Å². The third-order valence-electron chi connectivity index (χ3n) is 3.13. The van der Waals surface area contributed by atoms with E-state index in [1.54, 1.807) is 0 Å². The highest BCUT2D eigenvalue weighted by atomic mass is 16.1. The molecule has 0 N–H and O–H groups in total. The lowest BCUT2D eigenvalue weighted by Gasteiger charge is -2.29. The standard InChI is InChI=1S/C14H21NO/c1-5-14(3,11-16)10-15(4)13-8-6-7-12(2)9-13/h6-9,11H,5,10H2,1-4H3. The Labute approximate surface area is 98.3 Å². The molecule has 2 nitrogen and oxygen atoms in total. The molecule has 0 bridgehead atoms.